The number of rotatable bonds is 4. The fourth-order valence-electron chi connectivity index (χ4n) is 5.24. The number of thiazole rings is 1. The van der Waals surface area contributed by atoms with Gasteiger partial charge in [0.15, 0.2) is 5.78 Å². The molecule has 5 rings (SSSR count). The van der Waals surface area contributed by atoms with Crippen molar-refractivity contribution in [1.82, 2.24) is 14.9 Å². The van der Waals surface area contributed by atoms with Gasteiger partial charge in [0.1, 0.15) is 5.69 Å². The van der Waals surface area contributed by atoms with Gasteiger partial charge in [-0.2, -0.15) is 0 Å². The van der Waals surface area contributed by atoms with Crippen molar-refractivity contribution in [1.29, 1.82) is 0 Å². The molecule has 1 aromatic carbocycles. The van der Waals surface area contributed by atoms with E-state index in [9.17, 15) is 14.4 Å². The number of nitrogens with two attached hydrogens (primary N) is 1. The maximum absolute atomic E-state index is 13.5. The zero-order valence-corrected chi connectivity index (χ0v) is 23.0. The highest BCUT2D eigenvalue weighted by molar-refractivity contribution is 7.12. The lowest BCUT2D eigenvalue weighted by atomic mass is 9.68. The first kappa shape index (κ1) is 26.0. The third-order valence-electron chi connectivity index (χ3n) is 7.51. The van der Waals surface area contributed by atoms with Crippen molar-refractivity contribution in [3.63, 3.8) is 0 Å². The van der Waals surface area contributed by atoms with Crippen molar-refractivity contribution >= 4 is 28.9 Å². The second kappa shape index (κ2) is 9.62. The van der Waals surface area contributed by atoms with Gasteiger partial charge < -0.3 is 15.4 Å². The smallest absolute Gasteiger partial charge is 0.254 e. The van der Waals surface area contributed by atoms with E-state index in [1.807, 2.05) is 4.90 Å². The summed E-state index contributed by atoms with van der Waals surface area (Å²) in [6, 6.07) is 10.2. The number of nitrogens with zero attached hydrogens (tertiary/aromatic N) is 3. The molecule has 2 amide bonds. The van der Waals surface area contributed by atoms with Crippen LogP contribution >= 0.6 is 11.3 Å². The summed E-state index contributed by atoms with van der Waals surface area (Å²) >= 11 is 1.66. The van der Waals surface area contributed by atoms with Gasteiger partial charge >= 0.3 is 0 Å². The number of primary amides is 1. The summed E-state index contributed by atoms with van der Waals surface area (Å²) in [5.74, 6) is -0.131. The molecule has 38 heavy (non-hydrogen) atoms. The molecule has 2 aromatic heterocycles. The van der Waals surface area contributed by atoms with Crippen LogP contribution in [0.2, 0.25) is 0 Å². The first-order valence-electron chi connectivity index (χ1n) is 12.8. The van der Waals surface area contributed by atoms with Gasteiger partial charge in [-0.05, 0) is 42.9 Å². The van der Waals surface area contributed by atoms with Crippen LogP contribution in [0, 0.1) is 5.41 Å². The molecule has 1 saturated heterocycles. The number of carbonyl (C=O) groups is 3. The fraction of sp³-hybridized carbons (Fsp3) is 0.414. The Kier molecular flexibility index (Phi) is 6.59. The van der Waals surface area contributed by atoms with Crippen LogP contribution in [0.5, 0.6) is 5.88 Å². The molecule has 8 nitrogen and oxygen atoms in total. The SMILES string of the molecule is COc1cc(C(=O)N2CCC3(CC2)CC(=O)c2nc(C(C)(C)C)sc2C3)cc(-c2ccc(C(N)=O)cc2)n1. The first-order chi connectivity index (χ1) is 18.0. The zero-order valence-electron chi connectivity index (χ0n) is 22.2. The van der Waals surface area contributed by atoms with Crippen LogP contribution in [0.3, 0.4) is 0 Å². The number of likely N-dealkylation sites (tertiary alicyclic amines) is 1. The van der Waals surface area contributed by atoms with Gasteiger partial charge in [-0.1, -0.05) is 32.9 Å². The largest absolute Gasteiger partial charge is 0.481 e. The number of fused-ring (bicyclic) bond motifs is 1. The molecular formula is C29H32N4O4S. The molecule has 2 N–H and O–H groups in total. The number of hydrogen-bond acceptors (Lipinski definition) is 7. The summed E-state index contributed by atoms with van der Waals surface area (Å²) in [6.45, 7) is 7.53. The highest BCUT2D eigenvalue weighted by Gasteiger charge is 2.44. The molecule has 198 valence electrons. The quantitative estimate of drug-likeness (QED) is 0.523. The van der Waals surface area contributed by atoms with E-state index in [1.165, 1.54) is 7.11 Å². The number of ether oxygens (including phenoxy) is 1. The molecule has 0 saturated carbocycles. The van der Waals surface area contributed by atoms with Gasteiger partial charge in [-0.15, -0.1) is 11.3 Å². The van der Waals surface area contributed by atoms with Crippen molar-refractivity contribution in [2.24, 2.45) is 11.1 Å². The summed E-state index contributed by atoms with van der Waals surface area (Å²) in [5, 5.41) is 1.01. The Morgan fingerprint density at radius 2 is 1.71 bits per heavy atom. The van der Waals surface area contributed by atoms with Crippen molar-refractivity contribution in [2.75, 3.05) is 20.2 Å². The van der Waals surface area contributed by atoms with Crippen molar-refractivity contribution < 1.29 is 19.1 Å². The minimum Gasteiger partial charge on any atom is -0.481 e. The Labute approximate surface area is 226 Å². The second-order valence-corrected chi connectivity index (χ2v) is 12.4. The van der Waals surface area contributed by atoms with Crippen molar-refractivity contribution in [3.05, 3.63) is 63.1 Å². The molecule has 0 radical (unpaired) electrons. The number of benzene rings is 1. The van der Waals surface area contributed by atoms with Crippen LogP contribution in [0.15, 0.2) is 36.4 Å². The van der Waals surface area contributed by atoms with E-state index >= 15 is 0 Å². The van der Waals surface area contributed by atoms with Crippen LogP contribution in [-0.4, -0.2) is 52.7 Å². The van der Waals surface area contributed by atoms with Crippen LogP contribution < -0.4 is 10.5 Å². The van der Waals surface area contributed by atoms with E-state index in [2.05, 4.69) is 25.8 Å². The van der Waals surface area contributed by atoms with Crippen LogP contribution in [0.4, 0.5) is 0 Å². The number of methoxy groups -OCH3 is 1. The number of Topliss-reactive ketones (excluding diaryl/α,β-unsaturated/α-hetero) is 1. The number of aromatic nitrogens is 2. The standard InChI is InChI=1S/C29H32N4O4S/c1-28(2,3)27-32-24-21(34)15-29(16-22(24)38-27)9-11-33(12-10-29)26(36)19-13-20(31-23(14-19)37-4)17-5-7-18(8-6-17)25(30)35/h5-8,13-14H,9-12,15-16H2,1-4H3,(H2,30,35). The van der Waals surface area contributed by atoms with Gasteiger partial charge in [-0.25, -0.2) is 9.97 Å². The van der Waals surface area contributed by atoms with Gasteiger partial charge in [0.2, 0.25) is 11.8 Å². The molecule has 2 aliphatic rings. The predicted octanol–water partition coefficient (Wildman–Crippen LogP) is 4.66. The molecule has 9 heteroatoms. The Balaban J connectivity index is 1.33. The third kappa shape index (κ3) is 4.95. The molecule has 1 aliphatic heterocycles. The van der Waals surface area contributed by atoms with E-state index in [-0.39, 0.29) is 22.5 Å². The number of piperidine rings is 1. The summed E-state index contributed by atoms with van der Waals surface area (Å²) in [6.07, 6.45) is 2.88. The number of pyridine rings is 1. The van der Waals surface area contributed by atoms with E-state index < -0.39 is 5.91 Å². The van der Waals surface area contributed by atoms with Gasteiger partial charge in [0.05, 0.1) is 17.8 Å². The first-order valence-corrected chi connectivity index (χ1v) is 13.6. The lowest BCUT2D eigenvalue weighted by Crippen LogP contribution is -2.46. The number of carbonyl (C=O) groups excluding carboxylic acids is 3. The Morgan fingerprint density at radius 3 is 2.32 bits per heavy atom. The molecule has 1 fully saturated rings. The van der Waals surface area contributed by atoms with Crippen LogP contribution in [0.25, 0.3) is 11.3 Å². The highest BCUT2D eigenvalue weighted by atomic mass is 32.1. The summed E-state index contributed by atoms with van der Waals surface area (Å²) in [7, 11) is 1.51. The van der Waals surface area contributed by atoms with E-state index in [0.717, 1.165) is 34.7 Å². The Morgan fingerprint density at radius 1 is 1.03 bits per heavy atom. The van der Waals surface area contributed by atoms with Crippen molar-refractivity contribution in [2.45, 2.75) is 51.9 Å². The van der Waals surface area contributed by atoms with E-state index in [1.54, 1.807) is 47.7 Å². The molecular weight excluding hydrogens is 500 g/mol. The Bertz CT molecular complexity index is 1410. The van der Waals surface area contributed by atoms with Crippen molar-refractivity contribution in [3.8, 4) is 17.1 Å². The minimum absolute atomic E-state index is 0.0838. The average Bonchev–Trinajstić information content (AvgIpc) is 3.33. The van der Waals surface area contributed by atoms with Gasteiger partial charge in [0.25, 0.3) is 5.91 Å². The monoisotopic (exact) mass is 532 g/mol. The highest BCUT2D eigenvalue weighted by Crippen LogP contribution is 2.46. The van der Waals surface area contributed by atoms with Gasteiger partial charge in [0, 0.05) is 52.6 Å². The topological polar surface area (TPSA) is 115 Å². The summed E-state index contributed by atoms with van der Waals surface area (Å²) < 4.78 is 5.38. The Hall–Kier alpha value is -3.59. The molecule has 0 atom stereocenters. The second-order valence-electron chi connectivity index (χ2n) is 11.3. The average molecular weight is 533 g/mol. The molecule has 3 aromatic rings. The fourth-order valence-corrected chi connectivity index (χ4v) is 6.56. The number of hydrogen-bond donors (Lipinski definition) is 1. The number of ketones is 1. The van der Waals surface area contributed by atoms with Gasteiger partial charge in [-0.3, -0.25) is 14.4 Å². The normalized spacial score (nSPS) is 16.8. The van der Waals surface area contributed by atoms with Crippen LogP contribution in [-0.2, 0) is 11.8 Å². The summed E-state index contributed by atoms with van der Waals surface area (Å²) in [5.41, 5.74) is 8.01. The number of amides is 2. The van der Waals surface area contributed by atoms with E-state index in [4.69, 9.17) is 15.5 Å². The zero-order chi connectivity index (χ0) is 27.2. The third-order valence-corrected chi connectivity index (χ3v) is 8.99. The van der Waals surface area contributed by atoms with Crippen LogP contribution in [0.1, 0.15) is 81.1 Å². The predicted molar refractivity (Wildman–Crippen MR) is 146 cm³/mol. The molecule has 0 unspecified atom stereocenters. The maximum Gasteiger partial charge on any atom is 0.254 e. The lowest BCUT2D eigenvalue weighted by Gasteiger charge is -2.43. The summed E-state index contributed by atoms with van der Waals surface area (Å²) in [4.78, 5) is 50.1. The lowest BCUT2D eigenvalue weighted by molar-refractivity contribution is 0.0521. The molecule has 1 aliphatic carbocycles. The van der Waals surface area contributed by atoms with E-state index in [0.29, 0.717) is 47.9 Å². The molecule has 1 spiro atoms. The molecule has 0 bridgehead atoms. The maximum atomic E-state index is 13.5. The minimum atomic E-state index is -0.505. The molecule has 3 heterocycles.